The zero-order valence-electron chi connectivity index (χ0n) is 13.8. The lowest BCUT2D eigenvalue weighted by Gasteiger charge is -2.27. The third-order valence-electron chi connectivity index (χ3n) is 4.48. The highest BCUT2D eigenvalue weighted by atomic mass is 16.5. The highest BCUT2D eigenvalue weighted by Gasteiger charge is 2.29. The Bertz CT molecular complexity index is 383. The molecule has 0 aliphatic carbocycles. The first-order valence-electron chi connectivity index (χ1n) is 8.60. The topological polar surface area (TPSA) is 61.9 Å². The van der Waals surface area contributed by atoms with Crippen molar-refractivity contribution in [3.63, 3.8) is 0 Å². The van der Waals surface area contributed by atoms with Gasteiger partial charge in [0.2, 0.25) is 5.91 Å². The highest BCUT2D eigenvalue weighted by molar-refractivity contribution is 5.84. The molecule has 0 aromatic carbocycles. The summed E-state index contributed by atoms with van der Waals surface area (Å²) in [4.78, 5) is 28.2. The maximum Gasteiger partial charge on any atom is 0.318 e. The summed E-state index contributed by atoms with van der Waals surface area (Å²) < 4.78 is 5.68. The predicted molar refractivity (Wildman–Crippen MR) is 84.6 cm³/mol. The Balaban J connectivity index is 1.89. The molecule has 1 N–H and O–H groups in total. The average molecular weight is 311 g/mol. The maximum atomic E-state index is 12.5. The van der Waals surface area contributed by atoms with Crippen molar-refractivity contribution in [2.75, 3.05) is 32.8 Å². The Hall–Kier alpha value is -1.30. The van der Waals surface area contributed by atoms with Gasteiger partial charge in [-0.1, -0.05) is 13.8 Å². The summed E-state index contributed by atoms with van der Waals surface area (Å²) in [6, 6.07) is -0.0888. The minimum atomic E-state index is -0.131. The van der Waals surface area contributed by atoms with Gasteiger partial charge in [-0.25, -0.2) is 4.79 Å². The van der Waals surface area contributed by atoms with E-state index < -0.39 is 0 Å². The zero-order valence-corrected chi connectivity index (χ0v) is 13.8. The van der Waals surface area contributed by atoms with Gasteiger partial charge in [0, 0.05) is 26.2 Å². The van der Waals surface area contributed by atoms with E-state index in [0.29, 0.717) is 6.54 Å². The van der Waals surface area contributed by atoms with E-state index in [9.17, 15) is 9.59 Å². The molecular formula is C16H29N3O3. The molecule has 0 radical (unpaired) electrons. The molecule has 0 spiro atoms. The van der Waals surface area contributed by atoms with Gasteiger partial charge in [-0.3, -0.25) is 4.79 Å². The number of ether oxygens (including phenoxy) is 1. The molecule has 2 unspecified atom stereocenters. The summed E-state index contributed by atoms with van der Waals surface area (Å²) >= 11 is 0. The second-order valence-corrected chi connectivity index (χ2v) is 6.17. The first kappa shape index (κ1) is 17.1. The first-order valence-corrected chi connectivity index (χ1v) is 8.60. The van der Waals surface area contributed by atoms with Crippen molar-refractivity contribution in [1.29, 1.82) is 0 Å². The van der Waals surface area contributed by atoms with Crippen LogP contribution in [0, 0.1) is 0 Å². The standard InChI is InChI=1S/C16H29N3O3/c1-3-8-18-9-6-10-19(12-15(18)20)16(21)17-13(4-2)14-7-5-11-22-14/h13-14H,3-12H2,1-2H3,(H,17,21). The molecule has 2 heterocycles. The summed E-state index contributed by atoms with van der Waals surface area (Å²) in [6.45, 7) is 7.26. The summed E-state index contributed by atoms with van der Waals surface area (Å²) in [5.41, 5.74) is 0. The molecular weight excluding hydrogens is 282 g/mol. The van der Waals surface area contributed by atoms with Gasteiger partial charge in [-0.05, 0) is 32.1 Å². The molecule has 0 saturated carbocycles. The third-order valence-corrected chi connectivity index (χ3v) is 4.48. The number of amides is 3. The van der Waals surface area contributed by atoms with Gasteiger partial charge in [-0.15, -0.1) is 0 Å². The van der Waals surface area contributed by atoms with Crippen molar-refractivity contribution in [2.24, 2.45) is 0 Å². The van der Waals surface area contributed by atoms with Crippen LogP contribution in [0.1, 0.15) is 46.0 Å². The molecule has 2 saturated heterocycles. The van der Waals surface area contributed by atoms with Crippen LogP contribution in [-0.2, 0) is 9.53 Å². The Kier molecular flexibility index (Phi) is 6.49. The molecule has 2 fully saturated rings. The molecule has 22 heavy (non-hydrogen) atoms. The van der Waals surface area contributed by atoms with Crippen LogP contribution in [0.25, 0.3) is 0 Å². The highest BCUT2D eigenvalue weighted by Crippen LogP contribution is 2.18. The number of hydrogen-bond donors (Lipinski definition) is 1. The molecule has 6 nitrogen and oxygen atoms in total. The van der Waals surface area contributed by atoms with Crippen molar-refractivity contribution in [3.05, 3.63) is 0 Å². The Morgan fingerprint density at radius 1 is 1.36 bits per heavy atom. The van der Waals surface area contributed by atoms with Crippen molar-refractivity contribution in [3.8, 4) is 0 Å². The summed E-state index contributed by atoms with van der Waals surface area (Å²) in [5, 5.41) is 3.06. The second-order valence-electron chi connectivity index (χ2n) is 6.17. The largest absolute Gasteiger partial charge is 0.376 e. The van der Waals surface area contributed by atoms with Crippen LogP contribution in [0.15, 0.2) is 0 Å². The molecule has 2 aliphatic rings. The van der Waals surface area contributed by atoms with Crippen LogP contribution in [0.2, 0.25) is 0 Å². The molecule has 2 atom stereocenters. The van der Waals surface area contributed by atoms with Crippen LogP contribution < -0.4 is 5.32 Å². The Morgan fingerprint density at radius 2 is 2.18 bits per heavy atom. The molecule has 2 rings (SSSR count). The smallest absolute Gasteiger partial charge is 0.318 e. The molecule has 126 valence electrons. The Morgan fingerprint density at radius 3 is 2.82 bits per heavy atom. The number of carbonyl (C=O) groups excluding carboxylic acids is 2. The van der Waals surface area contributed by atoms with Crippen LogP contribution >= 0.6 is 0 Å². The van der Waals surface area contributed by atoms with Gasteiger partial charge >= 0.3 is 6.03 Å². The van der Waals surface area contributed by atoms with E-state index in [0.717, 1.165) is 51.8 Å². The zero-order chi connectivity index (χ0) is 15.9. The molecule has 0 aromatic rings. The fraction of sp³-hybridized carbons (Fsp3) is 0.875. The van der Waals surface area contributed by atoms with E-state index in [1.807, 2.05) is 4.90 Å². The van der Waals surface area contributed by atoms with Gasteiger partial charge in [0.25, 0.3) is 0 Å². The number of hydrogen-bond acceptors (Lipinski definition) is 3. The number of nitrogens with one attached hydrogen (secondary N) is 1. The van der Waals surface area contributed by atoms with Crippen molar-refractivity contribution >= 4 is 11.9 Å². The predicted octanol–water partition coefficient (Wildman–Crippen LogP) is 1.60. The quantitative estimate of drug-likeness (QED) is 0.839. The number of urea groups is 1. The molecule has 3 amide bonds. The lowest BCUT2D eigenvalue weighted by atomic mass is 10.1. The number of nitrogens with zero attached hydrogens (tertiary/aromatic N) is 2. The van der Waals surface area contributed by atoms with E-state index in [1.54, 1.807) is 4.90 Å². The van der Waals surface area contributed by atoms with Gasteiger partial charge in [-0.2, -0.15) is 0 Å². The molecule has 0 bridgehead atoms. The minimum absolute atomic E-state index is 0.0418. The third kappa shape index (κ3) is 4.35. The summed E-state index contributed by atoms with van der Waals surface area (Å²) in [5.74, 6) is 0.0552. The molecule has 6 heteroatoms. The average Bonchev–Trinajstić information content (AvgIpc) is 2.98. The monoisotopic (exact) mass is 311 g/mol. The van der Waals surface area contributed by atoms with Crippen molar-refractivity contribution in [2.45, 2.75) is 58.1 Å². The van der Waals surface area contributed by atoms with E-state index >= 15 is 0 Å². The van der Waals surface area contributed by atoms with E-state index in [1.165, 1.54) is 0 Å². The lowest BCUT2D eigenvalue weighted by molar-refractivity contribution is -0.130. The normalized spacial score (nSPS) is 24.3. The van der Waals surface area contributed by atoms with Gasteiger partial charge < -0.3 is 19.9 Å². The molecule has 2 aliphatic heterocycles. The van der Waals surface area contributed by atoms with Crippen molar-refractivity contribution in [1.82, 2.24) is 15.1 Å². The van der Waals surface area contributed by atoms with Crippen LogP contribution in [0.5, 0.6) is 0 Å². The maximum absolute atomic E-state index is 12.5. The fourth-order valence-electron chi connectivity index (χ4n) is 3.23. The summed E-state index contributed by atoms with van der Waals surface area (Å²) in [6.07, 6.45) is 4.83. The van der Waals surface area contributed by atoms with Gasteiger partial charge in [0.15, 0.2) is 0 Å². The van der Waals surface area contributed by atoms with Gasteiger partial charge in [0.05, 0.1) is 12.1 Å². The lowest BCUT2D eigenvalue weighted by Crippen LogP contribution is -2.50. The Labute approximate surface area is 133 Å². The van der Waals surface area contributed by atoms with E-state index in [-0.39, 0.29) is 30.6 Å². The van der Waals surface area contributed by atoms with E-state index in [2.05, 4.69) is 19.2 Å². The fourth-order valence-corrected chi connectivity index (χ4v) is 3.23. The van der Waals surface area contributed by atoms with Crippen LogP contribution in [-0.4, -0.2) is 66.7 Å². The second kappa shape index (κ2) is 8.36. The van der Waals surface area contributed by atoms with Crippen LogP contribution in [0.3, 0.4) is 0 Å². The minimum Gasteiger partial charge on any atom is -0.376 e. The summed E-state index contributed by atoms with van der Waals surface area (Å²) in [7, 11) is 0. The van der Waals surface area contributed by atoms with Crippen LogP contribution in [0.4, 0.5) is 4.79 Å². The SMILES string of the molecule is CCCN1CCCN(C(=O)NC(CC)C2CCCO2)CC1=O. The van der Waals surface area contributed by atoms with Crippen molar-refractivity contribution < 1.29 is 14.3 Å². The molecule has 0 aromatic heterocycles. The number of carbonyl (C=O) groups is 2. The van der Waals surface area contributed by atoms with Gasteiger partial charge in [0.1, 0.15) is 6.54 Å². The van der Waals surface area contributed by atoms with E-state index in [4.69, 9.17) is 4.74 Å². The first-order chi connectivity index (χ1) is 10.7. The number of rotatable bonds is 5.